The van der Waals surface area contributed by atoms with Crippen molar-refractivity contribution in [1.29, 1.82) is 0 Å². The van der Waals surface area contributed by atoms with E-state index >= 15 is 0 Å². The highest BCUT2D eigenvalue weighted by molar-refractivity contribution is 6.00. The molecule has 2 aliphatic rings. The molecule has 0 aliphatic carbocycles. The van der Waals surface area contributed by atoms with Crippen molar-refractivity contribution in [2.24, 2.45) is 0 Å². The van der Waals surface area contributed by atoms with Crippen LogP contribution in [0.15, 0.2) is 18.2 Å². The molecule has 0 saturated carbocycles. The summed E-state index contributed by atoms with van der Waals surface area (Å²) < 4.78 is 4.78. The van der Waals surface area contributed by atoms with Gasteiger partial charge in [0.2, 0.25) is 6.29 Å². The van der Waals surface area contributed by atoms with E-state index in [2.05, 4.69) is 0 Å². The van der Waals surface area contributed by atoms with Crippen LogP contribution in [0.2, 0.25) is 0 Å². The number of carbonyl (C=O) groups is 2. The first-order chi connectivity index (χ1) is 9.08. The lowest BCUT2D eigenvalue weighted by atomic mass is 10.1. The van der Waals surface area contributed by atoms with E-state index in [9.17, 15) is 14.7 Å². The van der Waals surface area contributed by atoms with E-state index in [0.717, 1.165) is 5.56 Å². The molecule has 1 aromatic rings. The van der Waals surface area contributed by atoms with Crippen LogP contribution in [0, 0.1) is 0 Å². The number of carbonyl (C=O) groups excluding carboxylic acids is 2. The van der Waals surface area contributed by atoms with Crippen LogP contribution in [0.25, 0.3) is 0 Å². The molecule has 2 unspecified atom stereocenters. The Morgan fingerprint density at radius 1 is 1.37 bits per heavy atom. The topological polar surface area (TPSA) is 92.9 Å². The predicted octanol–water partition coefficient (Wildman–Crippen LogP) is 0.249. The lowest BCUT2D eigenvalue weighted by Crippen LogP contribution is -2.48. The fourth-order valence-electron chi connectivity index (χ4n) is 2.64. The fourth-order valence-corrected chi connectivity index (χ4v) is 2.64. The first-order valence-electron chi connectivity index (χ1n) is 6.14. The highest BCUT2D eigenvalue weighted by Gasteiger charge is 2.40. The Morgan fingerprint density at radius 2 is 2.16 bits per heavy atom. The molecular formula is C13H14N2O4. The maximum Gasteiger partial charge on any atom is 0.308 e. The van der Waals surface area contributed by atoms with Gasteiger partial charge in [-0.15, -0.1) is 0 Å². The van der Waals surface area contributed by atoms with Crippen molar-refractivity contribution in [2.45, 2.75) is 31.7 Å². The van der Waals surface area contributed by atoms with Gasteiger partial charge in [-0.3, -0.25) is 9.59 Å². The number of anilines is 1. The Kier molecular flexibility index (Phi) is 2.67. The number of nitrogens with zero attached hydrogens (tertiary/aromatic N) is 1. The molecule has 1 fully saturated rings. The molecule has 19 heavy (non-hydrogen) atoms. The SMILES string of the molecule is Nc1cccc2c1CN(C1CCC(=O)OC1O)C2=O. The lowest BCUT2D eigenvalue weighted by molar-refractivity contribution is -0.188. The van der Waals surface area contributed by atoms with Gasteiger partial charge in [-0.1, -0.05) is 6.07 Å². The van der Waals surface area contributed by atoms with Gasteiger partial charge in [-0.05, 0) is 18.6 Å². The third-order valence-corrected chi connectivity index (χ3v) is 3.66. The van der Waals surface area contributed by atoms with Crippen LogP contribution in [0.4, 0.5) is 5.69 Å². The number of nitrogens with two attached hydrogens (primary N) is 1. The molecule has 1 saturated heterocycles. The maximum absolute atomic E-state index is 12.3. The van der Waals surface area contributed by atoms with Crippen molar-refractivity contribution in [3.63, 3.8) is 0 Å². The van der Waals surface area contributed by atoms with Gasteiger partial charge >= 0.3 is 5.97 Å². The van der Waals surface area contributed by atoms with E-state index < -0.39 is 18.3 Å². The number of esters is 1. The van der Waals surface area contributed by atoms with Crippen molar-refractivity contribution in [3.05, 3.63) is 29.3 Å². The number of aliphatic hydroxyl groups is 1. The molecule has 2 atom stereocenters. The van der Waals surface area contributed by atoms with Gasteiger partial charge in [0.05, 0.1) is 6.04 Å². The minimum absolute atomic E-state index is 0.177. The van der Waals surface area contributed by atoms with Crippen LogP contribution >= 0.6 is 0 Å². The smallest absolute Gasteiger partial charge is 0.308 e. The number of benzene rings is 1. The molecule has 3 N–H and O–H groups in total. The number of ether oxygens (including phenoxy) is 1. The lowest BCUT2D eigenvalue weighted by Gasteiger charge is -2.34. The highest BCUT2D eigenvalue weighted by Crippen LogP contribution is 2.32. The van der Waals surface area contributed by atoms with Crippen LogP contribution in [0.1, 0.15) is 28.8 Å². The van der Waals surface area contributed by atoms with Gasteiger partial charge in [0.25, 0.3) is 5.91 Å². The molecule has 1 aromatic carbocycles. The number of fused-ring (bicyclic) bond motifs is 1. The predicted molar refractivity (Wildman–Crippen MR) is 65.8 cm³/mol. The zero-order valence-electron chi connectivity index (χ0n) is 10.2. The van der Waals surface area contributed by atoms with E-state index in [4.69, 9.17) is 10.5 Å². The molecule has 0 aromatic heterocycles. The van der Waals surface area contributed by atoms with Crippen molar-refractivity contribution >= 4 is 17.6 Å². The van der Waals surface area contributed by atoms with Gasteiger partial charge in [-0.2, -0.15) is 0 Å². The first-order valence-corrected chi connectivity index (χ1v) is 6.14. The van der Waals surface area contributed by atoms with E-state index in [-0.39, 0.29) is 12.3 Å². The van der Waals surface area contributed by atoms with Crippen molar-refractivity contribution in [2.75, 3.05) is 5.73 Å². The van der Waals surface area contributed by atoms with Crippen LogP contribution in [0.5, 0.6) is 0 Å². The number of rotatable bonds is 1. The summed E-state index contributed by atoms with van der Waals surface area (Å²) in [6, 6.07) is 4.69. The maximum atomic E-state index is 12.3. The minimum atomic E-state index is -1.26. The summed E-state index contributed by atoms with van der Waals surface area (Å²) in [5, 5.41) is 9.80. The van der Waals surface area contributed by atoms with Crippen molar-refractivity contribution in [1.82, 2.24) is 4.90 Å². The second kappa shape index (κ2) is 4.24. The fraction of sp³-hybridized carbons (Fsp3) is 0.385. The number of nitrogen functional groups attached to an aromatic ring is 1. The summed E-state index contributed by atoms with van der Waals surface area (Å²) in [7, 11) is 0. The summed E-state index contributed by atoms with van der Waals surface area (Å²) in [5.74, 6) is -0.614. The van der Waals surface area contributed by atoms with Gasteiger partial charge in [-0.25, -0.2) is 0 Å². The third kappa shape index (κ3) is 1.84. The van der Waals surface area contributed by atoms with Crippen molar-refractivity contribution < 1.29 is 19.4 Å². The second-order valence-electron chi connectivity index (χ2n) is 4.79. The minimum Gasteiger partial charge on any atom is -0.434 e. The number of amides is 1. The molecule has 2 heterocycles. The summed E-state index contributed by atoms with van der Waals surface area (Å²) in [6.45, 7) is 0.347. The largest absolute Gasteiger partial charge is 0.434 e. The quantitative estimate of drug-likeness (QED) is 0.559. The number of hydrogen-bond donors (Lipinski definition) is 2. The third-order valence-electron chi connectivity index (χ3n) is 3.66. The monoisotopic (exact) mass is 262 g/mol. The van der Waals surface area contributed by atoms with Gasteiger partial charge < -0.3 is 20.5 Å². The van der Waals surface area contributed by atoms with Crippen LogP contribution in [-0.4, -0.2) is 34.2 Å². The Bertz CT molecular complexity index is 558. The molecular weight excluding hydrogens is 248 g/mol. The van der Waals surface area contributed by atoms with Crippen LogP contribution in [0.3, 0.4) is 0 Å². The molecule has 0 bridgehead atoms. The average Bonchev–Trinajstić information content (AvgIpc) is 2.69. The molecule has 2 aliphatic heterocycles. The van der Waals surface area contributed by atoms with E-state index in [1.165, 1.54) is 4.90 Å². The van der Waals surface area contributed by atoms with Crippen LogP contribution < -0.4 is 5.73 Å². The van der Waals surface area contributed by atoms with E-state index in [0.29, 0.717) is 24.2 Å². The molecule has 1 amide bonds. The molecule has 0 radical (unpaired) electrons. The second-order valence-corrected chi connectivity index (χ2v) is 4.79. The highest BCUT2D eigenvalue weighted by atomic mass is 16.6. The summed E-state index contributed by atoms with van der Waals surface area (Å²) >= 11 is 0. The molecule has 100 valence electrons. The Hall–Kier alpha value is -2.08. The Morgan fingerprint density at radius 3 is 2.84 bits per heavy atom. The van der Waals surface area contributed by atoms with E-state index in [1.54, 1.807) is 18.2 Å². The molecule has 6 heteroatoms. The van der Waals surface area contributed by atoms with Crippen molar-refractivity contribution in [3.8, 4) is 0 Å². The standard InChI is InChI=1S/C13H14N2O4/c14-9-3-1-2-7-8(9)6-15(12(7)17)10-4-5-11(16)19-13(10)18/h1-3,10,13,18H,4-6,14H2. The van der Waals surface area contributed by atoms with E-state index in [1.807, 2.05) is 0 Å². The Balaban J connectivity index is 1.88. The van der Waals surface area contributed by atoms with Gasteiger partial charge in [0, 0.05) is 29.8 Å². The number of aliphatic hydroxyl groups excluding tert-OH is 1. The molecule has 0 spiro atoms. The number of hydrogen-bond acceptors (Lipinski definition) is 5. The average molecular weight is 262 g/mol. The van der Waals surface area contributed by atoms with Gasteiger partial charge in [0.1, 0.15) is 0 Å². The molecule has 3 rings (SSSR count). The Labute approximate surface area is 109 Å². The summed E-state index contributed by atoms with van der Waals surface area (Å²) in [5.41, 5.74) is 7.76. The van der Waals surface area contributed by atoms with Crippen LogP contribution in [-0.2, 0) is 16.1 Å². The normalized spacial score (nSPS) is 26.3. The van der Waals surface area contributed by atoms with Gasteiger partial charge in [0.15, 0.2) is 0 Å². The summed E-state index contributed by atoms with van der Waals surface area (Å²) in [4.78, 5) is 24.9. The zero-order valence-corrected chi connectivity index (χ0v) is 10.2. The first kappa shape index (κ1) is 12.0. The molecule has 6 nitrogen and oxygen atoms in total. The summed E-state index contributed by atoms with van der Waals surface area (Å²) in [6.07, 6.45) is -0.655. The number of cyclic esters (lactones) is 1. The zero-order chi connectivity index (χ0) is 13.6.